The van der Waals surface area contributed by atoms with Crippen molar-refractivity contribution in [3.8, 4) is 11.4 Å². The number of fused-ring (bicyclic) bond motifs is 1. The molecule has 1 unspecified atom stereocenters. The van der Waals surface area contributed by atoms with Crippen molar-refractivity contribution in [1.82, 2.24) is 24.8 Å². The van der Waals surface area contributed by atoms with E-state index in [1.54, 1.807) is 19.1 Å². The molecular formula is C32H35N6O4P. The molecule has 0 radical (unpaired) electrons. The first-order valence-corrected chi connectivity index (χ1v) is 16.3. The standard InChI is InChI=1S/C32H35N6O4P/c1-3-42-43(2,41)27-13-11-23(12-14-27)8-7-16-34-29-21-36-31(24-9-5-4-6-10-24)38(32(29)40)22-30(39)35-20-26-18-25-19-33-17-15-28(25)37-26/h4-6,9-15,17-19,21,34,37H,3,7-8,16,20,22H2,1-2H3,(H,35,39). The fourth-order valence-corrected chi connectivity index (χ4v) is 6.20. The van der Waals surface area contributed by atoms with E-state index in [0.717, 1.165) is 40.6 Å². The number of nitrogens with one attached hydrogen (secondary N) is 3. The molecule has 3 N–H and O–H groups in total. The lowest BCUT2D eigenvalue weighted by Gasteiger charge is -2.15. The summed E-state index contributed by atoms with van der Waals surface area (Å²) >= 11 is 0. The van der Waals surface area contributed by atoms with Crippen LogP contribution in [0, 0.1) is 0 Å². The second kappa shape index (κ2) is 13.6. The van der Waals surface area contributed by atoms with Crippen LogP contribution in [0.1, 0.15) is 24.6 Å². The summed E-state index contributed by atoms with van der Waals surface area (Å²) in [6.07, 6.45) is 6.52. The summed E-state index contributed by atoms with van der Waals surface area (Å²) in [5, 5.41) is 7.76. The van der Waals surface area contributed by atoms with Gasteiger partial charge in [-0.1, -0.05) is 42.5 Å². The van der Waals surface area contributed by atoms with Gasteiger partial charge in [0.25, 0.3) is 5.56 Å². The Morgan fingerprint density at radius 1 is 1.07 bits per heavy atom. The van der Waals surface area contributed by atoms with E-state index < -0.39 is 7.37 Å². The molecule has 0 fully saturated rings. The predicted octanol–water partition coefficient (Wildman–Crippen LogP) is 4.72. The van der Waals surface area contributed by atoms with Crippen molar-refractivity contribution in [2.45, 2.75) is 32.9 Å². The maximum Gasteiger partial charge on any atom is 0.277 e. The number of amides is 1. The summed E-state index contributed by atoms with van der Waals surface area (Å²) in [5.74, 6) is 0.114. The highest BCUT2D eigenvalue weighted by atomic mass is 31.2. The number of aromatic nitrogens is 4. The molecule has 10 nitrogen and oxygen atoms in total. The molecule has 222 valence electrons. The third-order valence-electron chi connectivity index (χ3n) is 7.07. The molecule has 0 spiro atoms. The first-order valence-electron chi connectivity index (χ1n) is 14.2. The van der Waals surface area contributed by atoms with Gasteiger partial charge in [0.15, 0.2) is 0 Å². The number of pyridine rings is 1. The second-order valence-corrected chi connectivity index (χ2v) is 12.7. The van der Waals surface area contributed by atoms with E-state index >= 15 is 0 Å². The molecule has 5 rings (SSSR count). The van der Waals surface area contributed by atoms with Gasteiger partial charge in [0.1, 0.15) is 18.1 Å². The van der Waals surface area contributed by atoms with Crippen LogP contribution in [0.25, 0.3) is 22.3 Å². The minimum Gasteiger partial charge on any atom is -0.379 e. The lowest BCUT2D eigenvalue weighted by atomic mass is 10.1. The van der Waals surface area contributed by atoms with Crippen molar-refractivity contribution in [3.05, 3.63) is 107 Å². The third-order valence-corrected chi connectivity index (χ3v) is 9.06. The summed E-state index contributed by atoms with van der Waals surface area (Å²) < 4.78 is 19.4. The van der Waals surface area contributed by atoms with Gasteiger partial charge < -0.3 is 20.1 Å². The van der Waals surface area contributed by atoms with Gasteiger partial charge in [-0.3, -0.25) is 23.7 Å². The van der Waals surface area contributed by atoms with Crippen LogP contribution in [0.5, 0.6) is 0 Å². The van der Waals surface area contributed by atoms with Crippen LogP contribution in [0.2, 0.25) is 0 Å². The first kappa shape index (κ1) is 29.9. The zero-order chi connectivity index (χ0) is 30.2. The van der Waals surface area contributed by atoms with Crippen molar-refractivity contribution in [3.63, 3.8) is 0 Å². The molecular weight excluding hydrogens is 563 g/mol. The molecule has 3 aromatic heterocycles. The monoisotopic (exact) mass is 598 g/mol. The minimum absolute atomic E-state index is 0.178. The van der Waals surface area contributed by atoms with E-state index in [1.807, 2.05) is 73.7 Å². The summed E-state index contributed by atoms with van der Waals surface area (Å²) in [6, 6.07) is 20.8. The van der Waals surface area contributed by atoms with Gasteiger partial charge in [0, 0.05) is 53.1 Å². The number of nitrogens with zero attached hydrogens (tertiary/aromatic N) is 3. The Morgan fingerprint density at radius 2 is 1.86 bits per heavy atom. The van der Waals surface area contributed by atoms with Crippen molar-refractivity contribution in [2.24, 2.45) is 0 Å². The molecule has 0 aliphatic carbocycles. The Hall–Kier alpha value is -4.53. The molecule has 0 aliphatic heterocycles. The molecule has 0 saturated carbocycles. The number of carbonyl (C=O) groups excluding carboxylic acids is 1. The number of benzene rings is 2. The Balaban J connectivity index is 1.24. The second-order valence-electron chi connectivity index (χ2n) is 10.2. The highest BCUT2D eigenvalue weighted by molar-refractivity contribution is 7.66. The fourth-order valence-electron chi connectivity index (χ4n) is 4.87. The van der Waals surface area contributed by atoms with E-state index in [-0.39, 0.29) is 24.6 Å². The van der Waals surface area contributed by atoms with Gasteiger partial charge in [0.2, 0.25) is 13.3 Å². The molecule has 11 heteroatoms. The normalized spacial score (nSPS) is 12.6. The van der Waals surface area contributed by atoms with Crippen LogP contribution in [-0.2, 0) is 33.4 Å². The van der Waals surface area contributed by atoms with Gasteiger partial charge >= 0.3 is 0 Å². The van der Waals surface area contributed by atoms with Gasteiger partial charge in [-0.15, -0.1) is 0 Å². The number of aromatic amines is 1. The van der Waals surface area contributed by atoms with Gasteiger partial charge in [0.05, 0.1) is 19.3 Å². The molecule has 1 atom stereocenters. The quantitative estimate of drug-likeness (QED) is 0.132. The van der Waals surface area contributed by atoms with Crippen molar-refractivity contribution in [1.29, 1.82) is 0 Å². The number of hydrogen-bond acceptors (Lipinski definition) is 7. The summed E-state index contributed by atoms with van der Waals surface area (Å²) in [4.78, 5) is 38.5. The average molecular weight is 599 g/mol. The summed E-state index contributed by atoms with van der Waals surface area (Å²) in [5.41, 5.74) is 3.63. The van der Waals surface area contributed by atoms with Crippen LogP contribution < -0.4 is 21.5 Å². The van der Waals surface area contributed by atoms with Crippen molar-refractivity contribution in [2.75, 3.05) is 25.1 Å². The van der Waals surface area contributed by atoms with Crippen molar-refractivity contribution < 1.29 is 13.9 Å². The Labute approximate surface area is 250 Å². The summed E-state index contributed by atoms with van der Waals surface area (Å²) in [6.45, 7) is 4.51. The lowest BCUT2D eigenvalue weighted by molar-refractivity contribution is -0.121. The number of hydrogen-bond donors (Lipinski definition) is 3. The summed E-state index contributed by atoms with van der Waals surface area (Å²) in [7, 11) is -2.80. The van der Waals surface area contributed by atoms with E-state index in [0.29, 0.717) is 30.0 Å². The number of carbonyl (C=O) groups is 1. The highest BCUT2D eigenvalue weighted by Crippen LogP contribution is 2.40. The predicted molar refractivity (Wildman–Crippen MR) is 170 cm³/mol. The highest BCUT2D eigenvalue weighted by Gasteiger charge is 2.18. The van der Waals surface area contributed by atoms with Gasteiger partial charge in [-0.2, -0.15) is 0 Å². The van der Waals surface area contributed by atoms with Crippen LogP contribution in [0.3, 0.4) is 0 Å². The molecule has 1 amide bonds. The third kappa shape index (κ3) is 7.46. The maximum absolute atomic E-state index is 13.6. The van der Waals surface area contributed by atoms with Gasteiger partial charge in [-0.25, -0.2) is 4.98 Å². The first-order chi connectivity index (χ1) is 20.8. The number of anilines is 1. The number of H-pyrrole nitrogens is 1. The zero-order valence-electron chi connectivity index (χ0n) is 24.2. The topological polar surface area (TPSA) is 131 Å². The number of rotatable bonds is 13. The number of aryl methyl sites for hydroxylation is 1. The SMILES string of the molecule is CCOP(C)(=O)c1ccc(CCCNc2cnc(-c3ccccc3)n(CC(=O)NCc3cc4cnccc4[nH]3)c2=O)cc1. The lowest BCUT2D eigenvalue weighted by Crippen LogP contribution is -2.34. The Morgan fingerprint density at radius 3 is 2.60 bits per heavy atom. The Bertz CT molecular complexity index is 1770. The largest absolute Gasteiger partial charge is 0.379 e. The van der Waals surface area contributed by atoms with E-state index in [4.69, 9.17) is 4.52 Å². The molecule has 3 heterocycles. The van der Waals surface area contributed by atoms with E-state index in [2.05, 4.69) is 25.6 Å². The molecule has 0 saturated heterocycles. The Kier molecular flexibility index (Phi) is 9.49. The molecule has 0 bridgehead atoms. The van der Waals surface area contributed by atoms with E-state index in [9.17, 15) is 14.2 Å². The zero-order valence-corrected chi connectivity index (χ0v) is 25.1. The maximum atomic E-state index is 13.6. The smallest absolute Gasteiger partial charge is 0.277 e. The van der Waals surface area contributed by atoms with Crippen LogP contribution >= 0.6 is 7.37 Å². The fraction of sp³-hybridized carbons (Fsp3) is 0.250. The molecule has 5 aromatic rings. The molecule has 2 aromatic carbocycles. The minimum atomic E-state index is -2.80. The average Bonchev–Trinajstić information content (AvgIpc) is 3.44. The van der Waals surface area contributed by atoms with Crippen LogP contribution in [0.15, 0.2) is 90.1 Å². The molecule has 0 aliphatic rings. The van der Waals surface area contributed by atoms with Crippen molar-refractivity contribution >= 4 is 35.2 Å². The molecule has 43 heavy (non-hydrogen) atoms. The van der Waals surface area contributed by atoms with E-state index in [1.165, 1.54) is 10.8 Å². The van der Waals surface area contributed by atoms with Gasteiger partial charge in [-0.05, 0) is 49.6 Å². The van der Waals surface area contributed by atoms with Crippen LogP contribution in [0.4, 0.5) is 5.69 Å². The van der Waals surface area contributed by atoms with Crippen LogP contribution in [-0.4, -0.2) is 45.2 Å².